The highest BCUT2D eigenvalue weighted by Crippen LogP contribution is 2.43. The Morgan fingerprint density at radius 1 is 0.893 bits per heavy atom. The molecule has 1 aromatic rings. The van der Waals surface area contributed by atoms with Crippen molar-refractivity contribution in [1.29, 1.82) is 0 Å². The van der Waals surface area contributed by atoms with Gasteiger partial charge in [0, 0.05) is 11.8 Å². The zero-order chi connectivity index (χ0) is 19.3. The standard InChI is InChI=1S/C28H30/c1-28(2,3)24-15-14-22-17-21-10-6-7-11-25(21)27(26(22)18-24)23-13-12-19-8-4-5-9-20(19)16-23/h4,6-8,10-11,14-18,22,26H,5,9,12-13H2,1-3H3. The largest absolute Gasteiger partial charge is 0.0839 e. The fraction of sp³-hybridized carbons (Fsp3) is 0.357. The number of allylic oxidation sites excluding steroid dienone is 10. The van der Waals surface area contributed by atoms with Crippen LogP contribution in [0, 0.1) is 17.3 Å². The average Bonchev–Trinajstić information content (AvgIpc) is 2.70. The minimum Gasteiger partial charge on any atom is -0.0839 e. The van der Waals surface area contributed by atoms with Crippen molar-refractivity contribution in [3.63, 3.8) is 0 Å². The van der Waals surface area contributed by atoms with E-state index in [9.17, 15) is 0 Å². The van der Waals surface area contributed by atoms with Crippen LogP contribution in [0.15, 0.2) is 83.0 Å². The maximum Gasteiger partial charge on any atom is 0.0131 e. The van der Waals surface area contributed by atoms with Crippen LogP contribution in [0.4, 0.5) is 0 Å². The van der Waals surface area contributed by atoms with Gasteiger partial charge in [-0.3, -0.25) is 0 Å². The predicted octanol–water partition coefficient (Wildman–Crippen LogP) is 5.77. The van der Waals surface area contributed by atoms with E-state index in [1.54, 1.807) is 22.3 Å². The van der Waals surface area contributed by atoms with E-state index in [2.05, 4.69) is 87.6 Å². The second-order valence-electron chi connectivity index (χ2n) is 9.66. The SMILES string of the molecule is CC(C)(C)C1=CC2C(C3=CC4=C(C=CCC4)CC3)=c3ccccc3=CC2C=C1. The summed E-state index contributed by atoms with van der Waals surface area (Å²) < 4.78 is 0. The van der Waals surface area contributed by atoms with E-state index in [0.717, 1.165) is 0 Å². The smallest absolute Gasteiger partial charge is 0.0131 e. The van der Waals surface area contributed by atoms with Crippen LogP contribution in [-0.4, -0.2) is 0 Å². The molecule has 5 rings (SSSR count). The zero-order valence-electron chi connectivity index (χ0n) is 17.3. The lowest BCUT2D eigenvalue weighted by Gasteiger charge is -2.35. The molecule has 0 N–H and O–H groups in total. The van der Waals surface area contributed by atoms with Crippen molar-refractivity contribution in [1.82, 2.24) is 0 Å². The molecule has 142 valence electrons. The van der Waals surface area contributed by atoms with Crippen LogP contribution >= 0.6 is 0 Å². The Bertz CT molecular complexity index is 1090. The van der Waals surface area contributed by atoms with Gasteiger partial charge in [-0.2, -0.15) is 0 Å². The van der Waals surface area contributed by atoms with Crippen LogP contribution in [0.25, 0.3) is 11.6 Å². The first-order valence-electron chi connectivity index (χ1n) is 10.8. The molecular weight excluding hydrogens is 336 g/mol. The van der Waals surface area contributed by atoms with Crippen molar-refractivity contribution in [3.05, 3.63) is 93.5 Å². The third-order valence-electron chi connectivity index (χ3n) is 6.76. The number of hydrogen-bond donors (Lipinski definition) is 0. The highest BCUT2D eigenvalue weighted by molar-refractivity contribution is 5.74. The van der Waals surface area contributed by atoms with Crippen molar-refractivity contribution in [2.45, 2.75) is 46.5 Å². The minimum atomic E-state index is 0.189. The first-order chi connectivity index (χ1) is 13.5. The minimum absolute atomic E-state index is 0.189. The number of rotatable bonds is 1. The van der Waals surface area contributed by atoms with Gasteiger partial charge in [0.15, 0.2) is 0 Å². The fourth-order valence-corrected chi connectivity index (χ4v) is 5.20. The molecule has 0 bridgehead atoms. The summed E-state index contributed by atoms with van der Waals surface area (Å²) in [5.74, 6) is 0.931. The van der Waals surface area contributed by atoms with Crippen LogP contribution in [0.5, 0.6) is 0 Å². The van der Waals surface area contributed by atoms with Crippen LogP contribution in [-0.2, 0) is 0 Å². The molecule has 0 saturated carbocycles. The van der Waals surface area contributed by atoms with Crippen LogP contribution in [0.3, 0.4) is 0 Å². The zero-order valence-corrected chi connectivity index (χ0v) is 17.3. The summed E-state index contributed by atoms with van der Waals surface area (Å²) in [6.07, 6.45) is 21.8. The number of hydrogen-bond acceptors (Lipinski definition) is 0. The molecular formula is C28H30. The Kier molecular flexibility index (Phi) is 4.19. The third-order valence-corrected chi connectivity index (χ3v) is 6.76. The molecule has 0 nitrogen and oxygen atoms in total. The Morgan fingerprint density at radius 3 is 2.61 bits per heavy atom. The van der Waals surface area contributed by atoms with Gasteiger partial charge in [-0.15, -0.1) is 0 Å². The molecule has 1 aromatic carbocycles. The van der Waals surface area contributed by atoms with E-state index in [4.69, 9.17) is 0 Å². The Morgan fingerprint density at radius 2 is 1.75 bits per heavy atom. The van der Waals surface area contributed by atoms with Crippen molar-refractivity contribution in [2.75, 3.05) is 0 Å². The van der Waals surface area contributed by atoms with Crippen LogP contribution in [0.1, 0.15) is 46.5 Å². The van der Waals surface area contributed by atoms with Gasteiger partial charge in [0.2, 0.25) is 0 Å². The molecule has 0 heterocycles. The predicted molar refractivity (Wildman–Crippen MR) is 120 cm³/mol. The molecule has 0 aliphatic heterocycles. The first kappa shape index (κ1) is 17.7. The Labute approximate surface area is 169 Å². The summed E-state index contributed by atoms with van der Waals surface area (Å²) in [7, 11) is 0. The summed E-state index contributed by atoms with van der Waals surface area (Å²) in [6, 6.07) is 9.02. The highest BCUT2D eigenvalue weighted by Gasteiger charge is 2.31. The van der Waals surface area contributed by atoms with Crippen molar-refractivity contribution in [3.8, 4) is 0 Å². The van der Waals surface area contributed by atoms with E-state index in [1.807, 2.05) is 0 Å². The molecule has 4 aliphatic carbocycles. The van der Waals surface area contributed by atoms with Gasteiger partial charge < -0.3 is 0 Å². The summed E-state index contributed by atoms with van der Waals surface area (Å²) in [4.78, 5) is 0. The summed E-state index contributed by atoms with van der Waals surface area (Å²) >= 11 is 0. The monoisotopic (exact) mass is 366 g/mol. The van der Waals surface area contributed by atoms with Crippen molar-refractivity contribution < 1.29 is 0 Å². The van der Waals surface area contributed by atoms with E-state index in [0.29, 0.717) is 11.8 Å². The number of fused-ring (bicyclic) bond motifs is 2. The second kappa shape index (κ2) is 6.62. The first-order valence-corrected chi connectivity index (χ1v) is 10.8. The highest BCUT2D eigenvalue weighted by atomic mass is 14.3. The van der Waals surface area contributed by atoms with E-state index in [1.165, 1.54) is 41.7 Å². The molecule has 28 heavy (non-hydrogen) atoms. The lowest BCUT2D eigenvalue weighted by atomic mass is 9.69. The van der Waals surface area contributed by atoms with Gasteiger partial charge >= 0.3 is 0 Å². The molecule has 0 amide bonds. The molecule has 2 atom stereocenters. The lowest BCUT2D eigenvalue weighted by molar-refractivity contribution is 0.503. The fourth-order valence-electron chi connectivity index (χ4n) is 5.20. The van der Waals surface area contributed by atoms with E-state index >= 15 is 0 Å². The van der Waals surface area contributed by atoms with Crippen molar-refractivity contribution in [2.24, 2.45) is 17.3 Å². The molecule has 2 unspecified atom stereocenters. The maximum absolute atomic E-state index is 2.57. The Hall–Kier alpha value is -2.34. The third kappa shape index (κ3) is 3.00. The molecule has 4 aliphatic rings. The topological polar surface area (TPSA) is 0 Å². The van der Waals surface area contributed by atoms with Gasteiger partial charge in [-0.05, 0) is 69.4 Å². The molecule has 0 radical (unpaired) electrons. The number of benzene rings is 1. The summed E-state index contributed by atoms with van der Waals surface area (Å²) in [5, 5.41) is 2.85. The van der Waals surface area contributed by atoms with E-state index < -0.39 is 0 Å². The molecule has 0 spiro atoms. The summed E-state index contributed by atoms with van der Waals surface area (Å²) in [6.45, 7) is 6.99. The molecule has 0 saturated heterocycles. The van der Waals surface area contributed by atoms with Gasteiger partial charge in [-0.1, -0.05) is 87.6 Å². The lowest BCUT2D eigenvalue weighted by Crippen LogP contribution is -2.37. The van der Waals surface area contributed by atoms with Gasteiger partial charge in [0.1, 0.15) is 0 Å². The molecule has 0 fully saturated rings. The van der Waals surface area contributed by atoms with Gasteiger partial charge in [0.05, 0.1) is 0 Å². The quantitative estimate of drug-likeness (QED) is 0.591. The molecule has 0 heteroatoms. The second-order valence-corrected chi connectivity index (χ2v) is 9.66. The normalized spacial score (nSPS) is 26.0. The van der Waals surface area contributed by atoms with Gasteiger partial charge in [0.25, 0.3) is 0 Å². The maximum atomic E-state index is 2.57. The van der Waals surface area contributed by atoms with Crippen LogP contribution in [0.2, 0.25) is 0 Å². The molecule has 0 aromatic heterocycles. The van der Waals surface area contributed by atoms with Gasteiger partial charge in [-0.25, -0.2) is 0 Å². The summed E-state index contributed by atoms with van der Waals surface area (Å²) in [5.41, 5.74) is 7.95. The van der Waals surface area contributed by atoms with Crippen LogP contribution < -0.4 is 10.4 Å². The van der Waals surface area contributed by atoms with Crippen molar-refractivity contribution >= 4 is 11.6 Å². The Balaban J connectivity index is 1.72. The average molecular weight is 367 g/mol. The van der Waals surface area contributed by atoms with E-state index in [-0.39, 0.29) is 5.41 Å².